The molecule has 1 amide bonds. The van der Waals surface area contributed by atoms with Gasteiger partial charge in [-0.25, -0.2) is 4.79 Å². The zero-order valence-corrected chi connectivity index (χ0v) is 12.8. The number of anilines is 1. The number of fused-ring (bicyclic) bond motifs is 1. The number of methoxy groups -OCH3 is 1. The molecule has 5 nitrogen and oxygen atoms in total. The number of carbonyl (C=O) groups is 2. The molecule has 0 saturated carbocycles. The number of rotatable bonds is 3. The standard InChI is InChI=1S/C17H12ClNO4/c1-23-11-5-2-9(3-6-11)15(18)14-12-8-10(17(21)22)4-7-13(12)19-16(14)20/h2-8H,1H3,(H,19,20)(H,21,22)/b15-14-. The molecule has 1 heterocycles. The van der Waals surface area contributed by atoms with Crippen molar-refractivity contribution in [3.63, 3.8) is 0 Å². The van der Waals surface area contributed by atoms with Crippen molar-refractivity contribution in [1.82, 2.24) is 0 Å². The average Bonchev–Trinajstić information content (AvgIpc) is 2.89. The maximum absolute atomic E-state index is 12.2. The van der Waals surface area contributed by atoms with Crippen molar-refractivity contribution >= 4 is 39.8 Å². The van der Waals surface area contributed by atoms with E-state index in [1.807, 2.05) is 0 Å². The second-order valence-electron chi connectivity index (χ2n) is 4.94. The first-order chi connectivity index (χ1) is 11.0. The number of nitrogens with one attached hydrogen (secondary N) is 1. The van der Waals surface area contributed by atoms with Gasteiger partial charge in [0.05, 0.1) is 23.3 Å². The maximum Gasteiger partial charge on any atom is 0.335 e. The number of carbonyl (C=O) groups excluding carboxylic acids is 1. The van der Waals surface area contributed by atoms with Crippen molar-refractivity contribution in [2.75, 3.05) is 12.4 Å². The molecule has 0 aliphatic carbocycles. The van der Waals surface area contributed by atoms with Crippen molar-refractivity contribution < 1.29 is 19.4 Å². The first-order valence-electron chi connectivity index (χ1n) is 6.74. The zero-order chi connectivity index (χ0) is 16.6. The first-order valence-corrected chi connectivity index (χ1v) is 7.12. The molecule has 2 aromatic carbocycles. The minimum Gasteiger partial charge on any atom is -0.497 e. The number of benzene rings is 2. The number of amides is 1. The monoisotopic (exact) mass is 329 g/mol. The van der Waals surface area contributed by atoms with Gasteiger partial charge in [0.25, 0.3) is 5.91 Å². The number of halogens is 1. The topological polar surface area (TPSA) is 75.6 Å². The van der Waals surface area contributed by atoms with E-state index in [0.29, 0.717) is 22.6 Å². The summed E-state index contributed by atoms with van der Waals surface area (Å²) in [5.74, 6) is -0.747. The van der Waals surface area contributed by atoms with Crippen molar-refractivity contribution in [3.8, 4) is 5.75 Å². The van der Waals surface area contributed by atoms with Crippen LogP contribution >= 0.6 is 11.6 Å². The van der Waals surface area contributed by atoms with Gasteiger partial charge in [0.15, 0.2) is 0 Å². The Kier molecular flexibility index (Phi) is 3.80. The van der Waals surface area contributed by atoms with Crippen molar-refractivity contribution in [2.24, 2.45) is 0 Å². The summed E-state index contributed by atoms with van der Waals surface area (Å²) in [7, 11) is 1.56. The summed E-state index contributed by atoms with van der Waals surface area (Å²) in [6, 6.07) is 11.4. The predicted molar refractivity (Wildman–Crippen MR) is 87.7 cm³/mol. The van der Waals surface area contributed by atoms with Gasteiger partial charge < -0.3 is 15.2 Å². The fraction of sp³-hybridized carbons (Fsp3) is 0.0588. The van der Waals surface area contributed by atoms with Gasteiger partial charge in [-0.1, -0.05) is 11.6 Å². The molecule has 0 spiro atoms. The van der Waals surface area contributed by atoms with Crippen LogP contribution in [0.2, 0.25) is 0 Å². The smallest absolute Gasteiger partial charge is 0.335 e. The molecule has 23 heavy (non-hydrogen) atoms. The highest BCUT2D eigenvalue weighted by atomic mass is 35.5. The number of carboxylic acids is 1. The Labute approximate surface area is 137 Å². The van der Waals surface area contributed by atoms with E-state index in [1.165, 1.54) is 12.1 Å². The molecule has 2 aromatic rings. The quantitative estimate of drug-likeness (QED) is 0.846. The largest absolute Gasteiger partial charge is 0.497 e. The predicted octanol–water partition coefficient (Wildman–Crippen LogP) is 3.45. The van der Waals surface area contributed by atoms with Gasteiger partial charge in [-0.05, 0) is 48.0 Å². The molecule has 0 unspecified atom stereocenters. The van der Waals surface area contributed by atoms with Gasteiger partial charge in [-0.15, -0.1) is 0 Å². The lowest BCUT2D eigenvalue weighted by Gasteiger charge is -2.06. The number of hydrogen-bond acceptors (Lipinski definition) is 3. The summed E-state index contributed by atoms with van der Waals surface area (Å²) in [6.07, 6.45) is 0. The third-order valence-electron chi connectivity index (χ3n) is 3.57. The van der Waals surface area contributed by atoms with Gasteiger partial charge in [0.1, 0.15) is 5.75 Å². The van der Waals surface area contributed by atoms with Crippen LogP contribution in [0.25, 0.3) is 10.6 Å². The minimum atomic E-state index is -1.06. The van der Waals surface area contributed by atoms with Crippen LogP contribution in [0.4, 0.5) is 5.69 Å². The van der Waals surface area contributed by atoms with E-state index in [-0.39, 0.29) is 22.1 Å². The van der Waals surface area contributed by atoms with E-state index in [9.17, 15) is 9.59 Å². The molecule has 116 valence electrons. The average molecular weight is 330 g/mol. The second-order valence-corrected chi connectivity index (χ2v) is 5.32. The Morgan fingerprint density at radius 3 is 2.39 bits per heavy atom. The third-order valence-corrected chi connectivity index (χ3v) is 3.98. The van der Waals surface area contributed by atoms with Gasteiger partial charge in [-0.2, -0.15) is 0 Å². The number of hydrogen-bond donors (Lipinski definition) is 2. The van der Waals surface area contributed by atoms with Crippen LogP contribution in [0, 0.1) is 0 Å². The molecule has 6 heteroatoms. The molecule has 1 aliphatic heterocycles. The van der Waals surface area contributed by atoms with E-state index in [1.54, 1.807) is 37.4 Å². The molecule has 3 rings (SSSR count). The van der Waals surface area contributed by atoms with Crippen LogP contribution in [0.15, 0.2) is 42.5 Å². The van der Waals surface area contributed by atoms with Crippen LogP contribution in [0.5, 0.6) is 5.75 Å². The van der Waals surface area contributed by atoms with Gasteiger partial charge >= 0.3 is 5.97 Å². The maximum atomic E-state index is 12.2. The Balaban J connectivity index is 2.13. The summed E-state index contributed by atoms with van der Waals surface area (Å²) in [6.45, 7) is 0. The number of ether oxygens (including phenoxy) is 1. The highest BCUT2D eigenvalue weighted by Crippen LogP contribution is 2.39. The lowest BCUT2D eigenvalue weighted by molar-refractivity contribution is -0.110. The van der Waals surface area contributed by atoms with Gasteiger partial charge in [0.2, 0.25) is 0 Å². The molecule has 0 fully saturated rings. The number of carboxylic acid groups (broad SMARTS) is 1. The van der Waals surface area contributed by atoms with E-state index in [0.717, 1.165) is 0 Å². The molecule has 2 N–H and O–H groups in total. The fourth-order valence-electron chi connectivity index (χ4n) is 2.40. The highest BCUT2D eigenvalue weighted by Gasteiger charge is 2.28. The second kappa shape index (κ2) is 5.78. The molecule has 0 aromatic heterocycles. The summed E-state index contributed by atoms with van der Waals surface area (Å²) >= 11 is 6.39. The Morgan fingerprint density at radius 2 is 1.78 bits per heavy atom. The van der Waals surface area contributed by atoms with Crippen molar-refractivity contribution in [3.05, 3.63) is 59.2 Å². The molecule has 0 radical (unpaired) electrons. The van der Waals surface area contributed by atoms with Crippen LogP contribution in [0.1, 0.15) is 21.5 Å². The van der Waals surface area contributed by atoms with Crippen LogP contribution in [0.3, 0.4) is 0 Å². The summed E-state index contributed by atoms with van der Waals surface area (Å²) < 4.78 is 5.09. The molecule has 0 saturated heterocycles. The zero-order valence-electron chi connectivity index (χ0n) is 12.1. The molecule has 1 aliphatic rings. The van der Waals surface area contributed by atoms with Crippen LogP contribution < -0.4 is 10.1 Å². The van der Waals surface area contributed by atoms with E-state index >= 15 is 0 Å². The van der Waals surface area contributed by atoms with Crippen molar-refractivity contribution in [2.45, 2.75) is 0 Å². The highest BCUT2D eigenvalue weighted by molar-refractivity contribution is 6.59. The minimum absolute atomic E-state index is 0.0944. The summed E-state index contributed by atoms with van der Waals surface area (Å²) in [5.41, 5.74) is 2.02. The van der Waals surface area contributed by atoms with Gasteiger partial charge in [-0.3, -0.25) is 4.79 Å². The Morgan fingerprint density at radius 1 is 1.13 bits per heavy atom. The first kappa shape index (κ1) is 15.1. The summed E-state index contributed by atoms with van der Waals surface area (Å²) in [4.78, 5) is 23.4. The lowest BCUT2D eigenvalue weighted by Crippen LogP contribution is -2.04. The van der Waals surface area contributed by atoms with Gasteiger partial charge in [0, 0.05) is 11.3 Å². The van der Waals surface area contributed by atoms with Crippen LogP contribution in [-0.4, -0.2) is 24.1 Å². The fourth-order valence-corrected chi connectivity index (χ4v) is 2.71. The Bertz CT molecular complexity index is 840. The summed E-state index contributed by atoms with van der Waals surface area (Å²) in [5, 5.41) is 12.1. The molecule has 0 atom stereocenters. The SMILES string of the molecule is COc1ccc(/C(Cl)=C2/C(=O)Nc3ccc(C(=O)O)cc32)cc1. The Hall–Kier alpha value is -2.79. The molecular weight excluding hydrogens is 318 g/mol. The normalized spacial score (nSPS) is 15.0. The number of aromatic carboxylic acids is 1. The molecule has 0 bridgehead atoms. The molecular formula is C17H12ClNO4. The van der Waals surface area contributed by atoms with E-state index in [4.69, 9.17) is 21.4 Å². The lowest BCUT2D eigenvalue weighted by atomic mass is 10.0. The van der Waals surface area contributed by atoms with E-state index < -0.39 is 5.97 Å². The van der Waals surface area contributed by atoms with E-state index in [2.05, 4.69) is 5.32 Å². The van der Waals surface area contributed by atoms with Crippen molar-refractivity contribution in [1.29, 1.82) is 0 Å². The van der Waals surface area contributed by atoms with Crippen LogP contribution in [-0.2, 0) is 4.79 Å². The third kappa shape index (κ3) is 2.66.